The molecule has 0 bridgehead atoms. The molecule has 2 rings (SSSR count). The summed E-state index contributed by atoms with van der Waals surface area (Å²) < 4.78 is 9.73. The van der Waals surface area contributed by atoms with Crippen LogP contribution in [0.1, 0.15) is 12.5 Å². The van der Waals surface area contributed by atoms with Crippen LogP contribution in [0.15, 0.2) is 33.3 Å². The van der Waals surface area contributed by atoms with Crippen molar-refractivity contribution in [1.29, 1.82) is 0 Å². The van der Waals surface area contributed by atoms with Gasteiger partial charge >= 0.3 is 5.97 Å². The normalized spacial score (nSPS) is 17.3. The van der Waals surface area contributed by atoms with E-state index in [-0.39, 0.29) is 26.6 Å². The van der Waals surface area contributed by atoms with Gasteiger partial charge in [-0.2, -0.15) is 5.10 Å². The number of carbonyl (C=O) groups excluding carboxylic acids is 2. The van der Waals surface area contributed by atoms with Gasteiger partial charge in [-0.15, -0.1) is 5.10 Å². The van der Waals surface area contributed by atoms with Crippen molar-refractivity contribution in [2.45, 2.75) is 6.92 Å². The number of amidine groups is 1. The monoisotopic (exact) mass is 383 g/mol. The number of phenolic OH excluding ortho intramolecular Hbond substituents is 1. The molecule has 8 nitrogen and oxygen atoms in total. The van der Waals surface area contributed by atoms with Crippen molar-refractivity contribution >= 4 is 46.6 Å². The summed E-state index contributed by atoms with van der Waals surface area (Å²) in [5.41, 5.74) is 0.479. The number of thioether (sulfide) groups is 1. The highest BCUT2D eigenvalue weighted by Gasteiger charge is 2.25. The second-order valence-electron chi connectivity index (χ2n) is 4.51. The van der Waals surface area contributed by atoms with Crippen LogP contribution in [0.4, 0.5) is 0 Å². The fourth-order valence-electron chi connectivity index (χ4n) is 1.71. The number of nitrogens with zero attached hydrogens (tertiary/aromatic N) is 2. The number of carbonyl (C=O) groups is 2. The predicted octanol–water partition coefficient (Wildman–Crippen LogP) is 2.05. The fourth-order valence-corrected chi connectivity index (χ4v) is 2.66. The molecule has 1 aromatic rings. The van der Waals surface area contributed by atoms with Gasteiger partial charge in [0.25, 0.3) is 5.91 Å². The molecule has 0 aliphatic carbocycles. The van der Waals surface area contributed by atoms with Crippen molar-refractivity contribution in [2.75, 3.05) is 13.7 Å². The van der Waals surface area contributed by atoms with E-state index in [1.165, 1.54) is 25.5 Å². The van der Waals surface area contributed by atoms with Crippen molar-refractivity contribution in [3.63, 3.8) is 0 Å². The minimum atomic E-state index is -0.637. The summed E-state index contributed by atoms with van der Waals surface area (Å²) in [5, 5.41) is 20.3. The van der Waals surface area contributed by atoms with Crippen LogP contribution in [0.2, 0.25) is 5.02 Å². The molecule has 1 saturated heterocycles. The molecule has 1 aliphatic rings. The van der Waals surface area contributed by atoms with Crippen LogP contribution in [0.25, 0.3) is 0 Å². The zero-order valence-corrected chi connectivity index (χ0v) is 14.8. The van der Waals surface area contributed by atoms with Gasteiger partial charge < -0.3 is 14.6 Å². The Morgan fingerprint density at radius 1 is 1.48 bits per heavy atom. The number of aromatic hydroxyl groups is 1. The largest absolute Gasteiger partial charge is 0.504 e. The highest BCUT2D eigenvalue weighted by Crippen LogP contribution is 2.31. The SMILES string of the molecule is CCOc1cc(C=N/N=C2/NC(=O)/C(=C\C(=O)OC)S2)c(Cl)cc1O. The van der Waals surface area contributed by atoms with E-state index in [4.69, 9.17) is 16.3 Å². The number of nitrogens with one attached hydrogen (secondary N) is 1. The van der Waals surface area contributed by atoms with Gasteiger partial charge in [-0.1, -0.05) is 11.6 Å². The van der Waals surface area contributed by atoms with Crippen LogP contribution in [0.5, 0.6) is 11.5 Å². The fraction of sp³-hybridized carbons (Fsp3) is 0.200. The molecule has 25 heavy (non-hydrogen) atoms. The molecule has 1 aromatic carbocycles. The molecule has 0 unspecified atom stereocenters. The van der Waals surface area contributed by atoms with E-state index < -0.39 is 11.9 Å². The van der Waals surface area contributed by atoms with Crippen LogP contribution in [-0.2, 0) is 14.3 Å². The molecule has 0 atom stereocenters. The lowest BCUT2D eigenvalue weighted by Gasteiger charge is -2.07. The molecule has 1 aliphatic heterocycles. The topological polar surface area (TPSA) is 110 Å². The molecule has 10 heteroatoms. The van der Waals surface area contributed by atoms with E-state index in [1.54, 1.807) is 6.92 Å². The number of halogens is 1. The Kier molecular flexibility index (Phi) is 6.43. The molecular formula is C15H14ClN3O5S. The quantitative estimate of drug-likeness (QED) is 0.348. The summed E-state index contributed by atoms with van der Waals surface area (Å²) in [7, 11) is 1.22. The molecule has 0 aromatic heterocycles. The van der Waals surface area contributed by atoms with E-state index in [9.17, 15) is 14.7 Å². The summed E-state index contributed by atoms with van der Waals surface area (Å²) in [6.45, 7) is 2.17. The van der Waals surface area contributed by atoms with Gasteiger partial charge in [0.2, 0.25) is 0 Å². The first-order valence-electron chi connectivity index (χ1n) is 6.99. The zero-order valence-electron chi connectivity index (χ0n) is 13.3. The lowest BCUT2D eigenvalue weighted by molar-refractivity contribution is -0.135. The molecule has 2 N–H and O–H groups in total. The number of esters is 1. The van der Waals surface area contributed by atoms with Crippen LogP contribution in [-0.4, -0.2) is 42.1 Å². The number of rotatable bonds is 5. The van der Waals surface area contributed by atoms with Crippen molar-refractivity contribution in [1.82, 2.24) is 5.32 Å². The van der Waals surface area contributed by atoms with Gasteiger partial charge in [0.1, 0.15) is 0 Å². The molecule has 1 heterocycles. The number of benzene rings is 1. The van der Waals surface area contributed by atoms with Gasteiger partial charge in [-0.05, 0) is 24.8 Å². The molecule has 1 amide bonds. The van der Waals surface area contributed by atoms with Gasteiger partial charge in [-0.3, -0.25) is 10.1 Å². The van der Waals surface area contributed by atoms with Crippen molar-refractivity contribution in [3.05, 3.63) is 33.7 Å². The highest BCUT2D eigenvalue weighted by molar-refractivity contribution is 8.18. The van der Waals surface area contributed by atoms with E-state index in [2.05, 4.69) is 20.3 Å². The smallest absolute Gasteiger partial charge is 0.331 e. The number of amides is 1. The average molecular weight is 384 g/mol. The predicted molar refractivity (Wildman–Crippen MR) is 95.1 cm³/mol. The van der Waals surface area contributed by atoms with Crippen molar-refractivity contribution < 1.29 is 24.2 Å². The maximum atomic E-state index is 11.7. The second kappa shape index (κ2) is 8.54. The molecule has 1 fully saturated rings. The first-order chi connectivity index (χ1) is 11.9. The summed E-state index contributed by atoms with van der Waals surface area (Å²) in [6, 6.07) is 2.86. The molecular weight excluding hydrogens is 370 g/mol. The standard InChI is InChI=1S/C15H14ClN3O5S/c1-3-24-11-4-8(9(16)5-10(11)20)7-17-19-15-18-14(22)12(25-15)6-13(21)23-2/h4-7,20H,3H2,1-2H3,(H,18,19,22)/b12-6+,17-7?. The summed E-state index contributed by atoms with van der Waals surface area (Å²) >= 11 is 6.98. The summed E-state index contributed by atoms with van der Waals surface area (Å²) in [4.78, 5) is 23.0. The average Bonchev–Trinajstić information content (AvgIpc) is 2.91. The first-order valence-corrected chi connectivity index (χ1v) is 8.19. The molecule has 0 radical (unpaired) electrons. The Morgan fingerprint density at radius 2 is 2.24 bits per heavy atom. The molecule has 132 valence electrons. The third kappa shape index (κ3) is 4.97. The van der Waals surface area contributed by atoms with E-state index >= 15 is 0 Å². The Bertz CT molecular complexity index is 792. The Labute approximate surface area is 152 Å². The first kappa shape index (κ1) is 18.8. The summed E-state index contributed by atoms with van der Waals surface area (Å²) in [6.07, 6.45) is 2.42. The minimum Gasteiger partial charge on any atom is -0.504 e. The second-order valence-corrected chi connectivity index (χ2v) is 5.95. The summed E-state index contributed by atoms with van der Waals surface area (Å²) in [5.74, 6) is -0.910. The number of phenols is 1. The van der Waals surface area contributed by atoms with E-state index in [0.717, 1.165) is 17.8 Å². The van der Waals surface area contributed by atoms with Crippen LogP contribution >= 0.6 is 23.4 Å². The lowest BCUT2D eigenvalue weighted by atomic mass is 10.2. The van der Waals surface area contributed by atoms with E-state index in [1.807, 2.05) is 0 Å². The van der Waals surface area contributed by atoms with Gasteiger partial charge in [0.15, 0.2) is 16.7 Å². The third-order valence-corrected chi connectivity index (χ3v) is 4.05. The maximum absolute atomic E-state index is 11.7. The molecule has 0 saturated carbocycles. The number of methoxy groups -OCH3 is 1. The van der Waals surface area contributed by atoms with Crippen molar-refractivity contribution in [3.8, 4) is 11.5 Å². The van der Waals surface area contributed by atoms with Gasteiger partial charge in [-0.25, -0.2) is 4.79 Å². The lowest BCUT2D eigenvalue weighted by Crippen LogP contribution is -2.19. The van der Waals surface area contributed by atoms with Crippen LogP contribution < -0.4 is 10.1 Å². The Morgan fingerprint density at radius 3 is 2.92 bits per heavy atom. The third-order valence-electron chi connectivity index (χ3n) is 2.82. The van der Waals surface area contributed by atoms with Gasteiger partial charge in [0, 0.05) is 17.7 Å². The maximum Gasteiger partial charge on any atom is 0.331 e. The van der Waals surface area contributed by atoms with Crippen LogP contribution in [0.3, 0.4) is 0 Å². The van der Waals surface area contributed by atoms with Gasteiger partial charge in [0.05, 0.1) is 29.9 Å². The number of hydrogen-bond donors (Lipinski definition) is 2. The number of hydrogen-bond acceptors (Lipinski definition) is 8. The van der Waals surface area contributed by atoms with Crippen LogP contribution in [0, 0.1) is 0 Å². The van der Waals surface area contributed by atoms with Crippen molar-refractivity contribution in [2.24, 2.45) is 10.2 Å². The minimum absolute atomic E-state index is 0.0773. The highest BCUT2D eigenvalue weighted by atomic mass is 35.5. The Hall–Kier alpha value is -2.52. The Balaban J connectivity index is 2.14. The number of ether oxygens (including phenoxy) is 2. The zero-order chi connectivity index (χ0) is 18.4. The van der Waals surface area contributed by atoms with E-state index in [0.29, 0.717) is 12.2 Å². The molecule has 0 spiro atoms.